The molecule has 0 bridgehead atoms. The molecule has 5 nitrogen and oxygen atoms in total. The average Bonchev–Trinajstić information content (AvgIpc) is 2.51. The molecule has 1 fully saturated rings. The molecule has 0 radical (unpaired) electrons. The molecule has 0 atom stereocenters. The largest absolute Gasteiger partial charge is 0.342 e. The molecule has 0 saturated carbocycles. The van der Waals surface area contributed by atoms with Crippen molar-refractivity contribution < 1.29 is 9.59 Å². The molecule has 120 valence electrons. The number of pyridine rings is 1. The predicted octanol–water partition coefficient (Wildman–Crippen LogP) is 2.24. The van der Waals surface area contributed by atoms with Gasteiger partial charge >= 0.3 is 0 Å². The van der Waals surface area contributed by atoms with Crippen molar-refractivity contribution in [2.75, 3.05) is 20.1 Å². The van der Waals surface area contributed by atoms with Crippen molar-refractivity contribution in [3.63, 3.8) is 0 Å². The van der Waals surface area contributed by atoms with E-state index in [9.17, 15) is 9.59 Å². The van der Waals surface area contributed by atoms with Crippen LogP contribution in [0.2, 0.25) is 0 Å². The summed E-state index contributed by atoms with van der Waals surface area (Å²) in [5.41, 5.74) is 1.48. The number of carbonyl (C=O) groups excluding carboxylic acids is 2. The molecule has 2 heterocycles. The lowest BCUT2D eigenvalue weighted by Crippen LogP contribution is -2.63. The van der Waals surface area contributed by atoms with Crippen LogP contribution in [0.25, 0.3) is 10.9 Å². The van der Waals surface area contributed by atoms with Crippen molar-refractivity contribution in [3.8, 4) is 0 Å². The number of benzene rings is 1. The Bertz CT molecular complexity index is 798. The molecule has 1 saturated heterocycles. The molecule has 0 aliphatic carbocycles. The van der Waals surface area contributed by atoms with E-state index in [1.54, 1.807) is 36.8 Å². The Kier molecular flexibility index (Phi) is 3.59. The molecule has 23 heavy (non-hydrogen) atoms. The Labute approximate surface area is 135 Å². The van der Waals surface area contributed by atoms with Gasteiger partial charge in [0.2, 0.25) is 5.91 Å². The van der Waals surface area contributed by atoms with Gasteiger partial charge in [-0.1, -0.05) is 17.7 Å². The second-order valence-corrected chi connectivity index (χ2v) is 6.64. The maximum Gasteiger partial charge on any atom is 0.273 e. The Balaban J connectivity index is 1.97. The number of amides is 2. The molecule has 3 rings (SSSR count). The van der Waals surface area contributed by atoms with Gasteiger partial charge in [0.1, 0.15) is 11.2 Å². The first-order chi connectivity index (χ1) is 10.8. The maximum atomic E-state index is 12.9. The Hall–Kier alpha value is -2.43. The minimum absolute atomic E-state index is 0.0477. The molecular formula is C18H21N3O2. The van der Waals surface area contributed by atoms with E-state index >= 15 is 0 Å². The summed E-state index contributed by atoms with van der Waals surface area (Å²) in [6.07, 6.45) is 0. The average molecular weight is 311 g/mol. The van der Waals surface area contributed by atoms with Gasteiger partial charge in [0, 0.05) is 25.5 Å². The highest BCUT2D eigenvalue weighted by atomic mass is 16.2. The van der Waals surface area contributed by atoms with Crippen molar-refractivity contribution >= 4 is 22.7 Å². The van der Waals surface area contributed by atoms with Gasteiger partial charge in [0.25, 0.3) is 5.91 Å². The molecule has 5 heteroatoms. The second kappa shape index (κ2) is 5.33. The fourth-order valence-electron chi connectivity index (χ4n) is 3.07. The zero-order valence-electron chi connectivity index (χ0n) is 14.0. The Morgan fingerprint density at radius 3 is 2.65 bits per heavy atom. The lowest BCUT2D eigenvalue weighted by atomic mass is 9.97. The highest BCUT2D eigenvalue weighted by Gasteiger charge is 2.43. The van der Waals surface area contributed by atoms with Crippen molar-refractivity contribution in [1.82, 2.24) is 14.8 Å². The van der Waals surface area contributed by atoms with Crippen LogP contribution >= 0.6 is 0 Å². The number of carbonyl (C=O) groups is 2. The van der Waals surface area contributed by atoms with Crippen molar-refractivity contribution in [2.45, 2.75) is 26.3 Å². The first-order valence-electron chi connectivity index (χ1n) is 7.75. The first kappa shape index (κ1) is 15.5. The molecule has 0 unspecified atom stereocenters. The number of nitrogens with zero attached hydrogens (tertiary/aromatic N) is 3. The van der Waals surface area contributed by atoms with Gasteiger partial charge in [-0.3, -0.25) is 9.59 Å². The highest BCUT2D eigenvalue weighted by molar-refractivity contribution is 5.99. The maximum absolute atomic E-state index is 12.9. The number of hydrogen-bond acceptors (Lipinski definition) is 3. The summed E-state index contributed by atoms with van der Waals surface area (Å²) in [6, 6.07) is 9.59. The normalized spacial score (nSPS) is 17.7. The molecule has 0 N–H and O–H groups in total. The monoisotopic (exact) mass is 311 g/mol. The minimum Gasteiger partial charge on any atom is -0.342 e. The van der Waals surface area contributed by atoms with Gasteiger partial charge in [0.15, 0.2) is 0 Å². The van der Waals surface area contributed by atoms with Gasteiger partial charge in [-0.2, -0.15) is 0 Å². The lowest BCUT2D eigenvalue weighted by Gasteiger charge is -2.44. The molecule has 0 spiro atoms. The van der Waals surface area contributed by atoms with E-state index in [0.717, 1.165) is 16.5 Å². The molecule has 1 aromatic carbocycles. The number of likely N-dealkylation sites (N-methyl/N-ethyl adjacent to an activating group) is 1. The van der Waals surface area contributed by atoms with E-state index in [0.29, 0.717) is 18.8 Å². The zero-order chi connectivity index (χ0) is 16.8. The number of fused-ring (bicyclic) bond motifs is 1. The van der Waals surface area contributed by atoms with E-state index in [4.69, 9.17) is 0 Å². The summed E-state index contributed by atoms with van der Waals surface area (Å²) in [5.74, 6) is -0.243. The van der Waals surface area contributed by atoms with Crippen LogP contribution in [0, 0.1) is 6.92 Å². The molecule has 2 aromatic rings. The summed E-state index contributed by atoms with van der Waals surface area (Å²) in [6.45, 7) is 6.65. The first-order valence-corrected chi connectivity index (χ1v) is 7.75. The van der Waals surface area contributed by atoms with Crippen molar-refractivity contribution in [1.29, 1.82) is 0 Å². The van der Waals surface area contributed by atoms with Crippen LogP contribution in [0.1, 0.15) is 29.9 Å². The van der Waals surface area contributed by atoms with E-state index in [-0.39, 0.29) is 11.8 Å². The Morgan fingerprint density at radius 1 is 1.17 bits per heavy atom. The topological polar surface area (TPSA) is 53.5 Å². The summed E-state index contributed by atoms with van der Waals surface area (Å²) in [7, 11) is 1.77. The van der Waals surface area contributed by atoms with E-state index in [1.807, 2.05) is 31.2 Å². The van der Waals surface area contributed by atoms with Crippen LogP contribution < -0.4 is 0 Å². The molecular weight excluding hydrogens is 290 g/mol. The molecule has 1 aromatic heterocycles. The van der Waals surface area contributed by atoms with E-state index < -0.39 is 5.54 Å². The van der Waals surface area contributed by atoms with Crippen LogP contribution in [0.15, 0.2) is 30.3 Å². The van der Waals surface area contributed by atoms with Gasteiger partial charge in [-0.05, 0) is 39.0 Å². The number of aryl methyl sites for hydroxylation is 1. The van der Waals surface area contributed by atoms with Crippen LogP contribution in [0.3, 0.4) is 0 Å². The third-order valence-electron chi connectivity index (χ3n) is 4.51. The van der Waals surface area contributed by atoms with Crippen molar-refractivity contribution in [3.05, 3.63) is 41.6 Å². The minimum atomic E-state index is -0.853. The van der Waals surface area contributed by atoms with Crippen LogP contribution in [-0.4, -0.2) is 52.3 Å². The standard InChI is InChI=1S/C18H21N3O2/c1-12-5-7-14-13(11-12)6-8-15(19-14)16(22)21-10-9-20(4)17(23)18(21,2)3/h5-8,11H,9-10H2,1-4H3. The number of piperazine rings is 1. The fourth-order valence-corrected chi connectivity index (χ4v) is 3.07. The van der Waals surface area contributed by atoms with Crippen LogP contribution in [0.5, 0.6) is 0 Å². The van der Waals surface area contributed by atoms with Crippen LogP contribution in [-0.2, 0) is 4.79 Å². The number of hydrogen-bond donors (Lipinski definition) is 0. The smallest absolute Gasteiger partial charge is 0.273 e. The van der Waals surface area contributed by atoms with Gasteiger partial charge in [-0.25, -0.2) is 4.98 Å². The van der Waals surface area contributed by atoms with E-state index in [2.05, 4.69) is 4.98 Å². The Morgan fingerprint density at radius 2 is 1.91 bits per heavy atom. The summed E-state index contributed by atoms with van der Waals surface area (Å²) >= 11 is 0. The third kappa shape index (κ3) is 2.56. The zero-order valence-corrected chi connectivity index (χ0v) is 14.0. The fraction of sp³-hybridized carbons (Fsp3) is 0.389. The summed E-state index contributed by atoms with van der Waals surface area (Å²) in [4.78, 5) is 33.0. The SMILES string of the molecule is Cc1ccc2nc(C(=O)N3CCN(C)C(=O)C3(C)C)ccc2c1. The predicted molar refractivity (Wildman–Crippen MR) is 89.2 cm³/mol. The number of aromatic nitrogens is 1. The van der Waals surface area contributed by atoms with Gasteiger partial charge in [0.05, 0.1) is 5.52 Å². The highest BCUT2D eigenvalue weighted by Crippen LogP contribution is 2.24. The van der Waals surface area contributed by atoms with Gasteiger partial charge in [-0.15, -0.1) is 0 Å². The molecule has 2 amide bonds. The third-order valence-corrected chi connectivity index (χ3v) is 4.51. The van der Waals surface area contributed by atoms with E-state index in [1.165, 1.54) is 0 Å². The summed E-state index contributed by atoms with van der Waals surface area (Å²) in [5, 5.41) is 1.01. The summed E-state index contributed by atoms with van der Waals surface area (Å²) < 4.78 is 0. The lowest BCUT2D eigenvalue weighted by molar-refractivity contribution is -0.144. The van der Waals surface area contributed by atoms with Crippen LogP contribution in [0.4, 0.5) is 0 Å². The molecule has 1 aliphatic rings. The quantitative estimate of drug-likeness (QED) is 0.811. The number of rotatable bonds is 1. The van der Waals surface area contributed by atoms with Crippen molar-refractivity contribution in [2.24, 2.45) is 0 Å². The second-order valence-electron chi connectivity index (χ2n) is 6.64. The molecule has 1 aliphatic heterocycles. The van der Waals surface area contributed by atoms with Gasteiger partial charge < -0.3 is 9.80 Å².